The first-order chi connectivity index (χ1) is 13.1. The normalized spacial score (nSPS) is 11.0. The summed E-state index contributed by atoms with van der Waals surface area (Å²) in [5, 5.41) is 6.62. The molecular formula is C19H35IN4O4. The van der Waals surface area contributed by atoms with Gasteiger partial charge in [-0.1, -0.05) is 0 Å². The van der Waals surface area contributed by atoms with Crippen LogP contribution in [0.1, 0.15) is 12.0 Å². The summed E-state index contributed by atoms with van der Waals surface area (Å²) in [6.07, 6.45) is 1.03. The molecule has 0 aliphatic rings. The summed E-state index contributed by atoms with van der Waals surface area (Å²) in [5.41, 5.74) is 0.954. The zero-order valence-electron chi connectivity index (χ0n) is 17.8. The molecule has 0 unspecified atom stereocenters. The summed E-state index contributed by atoms with van der Waals surface area (Å²) in [4.78, 5) is 6.53. The van der Waals surface area contributed by atoms with Gasteiger partial charge in [-0.05, 0) is 19.5 Å². The zero-order chi connectivity index (χ0) is 20.1. The molecule has 162 valence electrons. The van der Waals surface area contributed by atoms with Gasteiger partial charge in [-0.2, -0.15) is 0 Å². The van der Waals surface area contributed by atoms with Crippen LogP contribution in [-0.4, -0.2) is 79.6 Å². The van der Waals surface area contributed by atoms with Crippen LogP contribution in [0.3, 0.4) is 0 Å². The van der Waals surface area contributed by atoms with Crippen LogP contribution in [0.15, 0.2) is 17.1 Å². The highest BCUT2D eigenvalue weighted by Crippen LogP contribution is 2.34. The summed E-state index contributed by atoms with van der Waals surface area (Å²) in [6.45, 7) is 4.06. The maximum absolute atomic E-state index is 5.46. The molecule has 9 heteroatoms. The molecule has 0 radical (unpaired) electrons. The number of halogens is 1. The standard InChI is InChI=1S/C19H34N4O4.HI/c1-20-19(21-8-10-23(2)9-7-11-24-3)22-14-15-12-17(26-5)18(27-6)13-16(15)25-4;/h12-13H,7-11,14H2,1-6H3,(H2,20,21,22);1H. The van der Waals surface area contributed by atoms with Gasteiger partial charge in [0.1, 0.15) is 5.75 Å². The van der Waals surface area contributed by atoms with E-state index >= 15 is 0 Å². The van der Waals surface area contributed by atoms with E-state index in [1.54, 1.807) is 35.5 Å². The van der Waals surface area contributed by atoms with Crippen molar-refractivity contribution in [3.8, 4) is 17.2 Å². The van der Waals surface area contributed by atoms with Crippen LogP contribution in [0.5, 0.6) is 17.2 Å². The van der Waals surface area contributed by atoms with Crippen molar-refractivity contribution in [2.24, 2.45) is 4.99 Å². The highest BCUT2D eigenvalue weighted by Gasteiger charge is 2.12. The monoisotopic (exact) mass is 510 g/mol. The molecule has 0 aliphatic heterocycles. The Hall–Kier alpha value is -1.46. The number of benzene rings is 1. The molecule has 28 heavy (non-hydrogen) atoms. The maximum Gasteiger partial charge on any atom is 0.191 e. The average Bonchev–Trinajstić information content (AvgIpc) is 2.69. The van der Waals surface area contributed by atoms with Crippen LogP contribution in [-0.2, 0) is 11.3 Å². The third kappa shape index (κ3) is 9.16. The van der Waals surface area contributed by atoms with Crippen molar-refractivity contribution >= 4 is 29.9 Å². The minimum Gasteiger partial charge on any atom is -0.496 e. The van der Waals surface area contributed by atoms with Crippen LogP contribution in [0.25, 0.3) is 0 Å². The predicted octanol–water partition coefficient (Wildman–Crippen LogP) is 1.96. The highest BCUT2D eigenvalue weighted by molar-refractivity contribution is 14.0. The Bertz CT molecular complexity index is 587. The number of hydrogen-bond acceptors (Lipinski definition) is 6. The quantitative estimate of drug-likeness (QED) is 0.193. The number of ether oxygens (including phenoxy) is 4. The Morgan fingerprint density at radius 3 is 2.18 bits per heavy atom. The van der Waals surface area contributed by atoms with Crippen LogP contribution in [0, 0.1) is 0 Å². The second-order valence-electron chi connectivity index (χ2n) is 6.02. The Morgan fingerprint density at radius 2 is 1.61 bits per heavy atom. The van der Waals surface area contributed by atoms with Gasteiger partial charge in [0.15, 0.2) is 17.5 Å². The van der Waals surface area contributed by atoms with Crippen LogP contribution in [0.4, 0.5) is 0 Å². The molecule has 0 saturated heterocycles. The Kier molecular flexibility index (Phi) is 14.7. The van der Waals surface area contributed by atoms with Gasteiger partial charge in [0.05, 0.1) is 21.3 Å². The topological polar surface area (TPSA) is 76.6 Å². The van der Waals surface area contributed by atoms with E-state index in [1.165, 1.54) is 0 Å². The molecule has 1 aromatic rings. The first-order valence-corrected chi connectivity index (χ1v) is 9.00. The summed E-state index contributed by atoms with van der Waals surface area (Å²) >= 11 is 0. The number of nitrogens with zero attached hydrogens (tertiary/aromatic N) is 2. The number of likely N-dealkylation sites (N-methyl/N-ethyl adjacent to an activating group) is 1. The number of nitrogens with one attached hydrogen (secondary N) is 2. The fourth-order valence-electron chi connectivity index (χ4n) is 2.59. The molecule has 1 rings (SSSR count). The van der Waals surface area contributed by atoms with E-state index < -0.39 is 0 Å². The molecule has 0 aromatic heterocycles. The van der Waals surface area contributed by atoms with Crippen LogP contribution < -0.4 is 24.8 Å². The smallest absolute Gasteiger partial charge is 0.191 e. The van der Waals surface area contributed by atoms with Crippen molar-refractivity contribution in [3.63, 3.8) is 0 Å². The highest BCUT2D eigenvalue weighted by atomic mass is 127. The molecule has 0 saturated carbocycles. The largest absolute Gasteiger partial charge is 0.496 e. The fraction of sp³-hybridized carbons (Fsp3) is 0.632. The van der Waals surface area contributed by atoms with E-state index in [4.69, 9.17) is 18.9 Å². The summed E-state index contributed by atoms with van der Waals surface area (Å²) in [5.74, 6) is 2.76. The second-order valence-corrected chi connectivity index (χ2v) is 6.02. The number of hydrogen-bond donors (Lipinski definition) is 2. The lowest BCUT2D eigenvalue weighted by Crippen LogP contribution is -2.40. The molecule has 8 nitrogen and oxygen atoms in total. The lowest BCUT2D eigenvalue weighted by Gasteiger charge is -2.19. The van der Waals surface area contributed by atoms with Gasteiger partial charge in [0.25, 0.3) is 0 Å². The lowest BCUT2D eigenvalue weighted by atomic mass is 10.1. The van der Waals surface area contributed by atoms with Crippen molar-refractivity contribution in [2.45, 2.75) is 13.0 Å². The summed E-state index contributed by atoms with van der Waals surface area (Å²) in [6, 6.07) is 3.72. The Morgan fingerprint density at radius 1 is 0.964 bits per heavy atom. The molecule has 2 N–H and O–H groups in total. The van der Waals surface area contributed by atoms with Crippen molar-refractivity contribution in [1.82, 2.24) is 15.5 Å². The molecule has 0 aliphatic carbocycles. The first-order valence-electron chi connectivity index (χ1n) is 9.00. The minimum atomic E-state index is 0. The number of guanidine groups is 1. The predicted molar refractivity (Wildman–Crippen MR) is 124 cm³/mol. The van der Waals surface area contributed by atoms with E-state index in [-0.39, 0.29) is 24.0 Å². The molecule has 0 fully saturated rings. The molecule has 0 heterocycles. The van der Waals surface area contributed by atoms with Crippen molar-refractivity contribution in [3.05, 3.63) is 17.7 Å². The Labute approximate surface area is 186 Å². The summed E-state index contributed by atoms with van der Waals surface area (Å²) < 4.78 is 21.2. The molecule has 0 bridgehead atoms. The lowest BCUT2D eigenvalue weighted by molar-refractivity contribution is 0.180. The fourth-order valence-corrected chi connectivity index (χ4v) is 2.59. The van der Waals surface area contributed by atoms with Crippen molar-refractivity contribution in [2.75, 3.05) is 68.8 Å². The van der Waals surface area contributed by atoms with Gasteiger partial charge < -0.3 is 34.5 Å². The van der Waals surface area contributed by atoms with Gasteiger partial charge in [-0.25, -0.2) is 0 Å². The van der Waals surface area contributed by atoms with Gasteiger partial charge in [0.2, 0.25) is 0 Å². The Balaban J connectivity index is 0.00000729. The van der Waals surface area contributed by atoms with E-state index in [1.807, 2.05) is 12.1 Å². The first kappa shape index (κ1) is 26.5. The van der Waals surface area contributed by atoms with Gasteiger partial charge in [0, 0.05) is 58.6 Å². The number of rotatable bonds is 12. The third-order valence-electron chi connectivity index (χ3n) is 4.13. The van der Waals surface area contributed by atoms with Crippen LogP contribution in [0.2, 0.25) is 0 Å². The zero-order valence-corrected chi connectivity index (χ0v) is 20.2. The molecular weight excluding hydrogens is 475 g/mol. The maximum atomic E-state index is 5.46. The van der Waals surface area contributed by atoms with E-state index in [0.29, 0.717) is 18.0 Å². The van der Waals surface area contributed by atoms with E-state index in [0.717, 1.165) is 49.9 Å². The van der Waals surface area contributed by atoms with E-state index in [9.17, 15) is 0 Å². The van der Waals surface area contributed by atoms with Crippen molar-refractivity contribution in [1.29, 1.82) is 0 Å². The number of methoxy groups -OCH3 is 4. The minimum absolute atomic E-state index is 0. The second kappa shape index (κ2) is 15.5. The average molecular weight is 510 g/mol. The van der Waals surface area contributed by atoms with Gasteiger partial charge in [-0.3, -0.25) is 4.99 Å². The van der Waals surface area contributed by atoms with Crippen molar-refractivity contribution < 1.29 is 18.9 Å². The van der Waals surface area contributed by atoms with Crippen LogP contribution >= 0.6 is 24.0 Å². The number of aliphatic imine (C=N–C) groups is 1. The molecule has 0 amide bonds. The van der Waals surface area contributed by atoms with E-state index in [2.05, 4.69) is 27.6 Å². The SMILES string of the molecule is CN=C(NCCN(C)CCCOC)NCc1cc(OC)c(OC)cc1OC.I. The molecule has 1 aromatic carbocycles. The summed E-state index contributed by atoms with van der Waals surface area (Å²) in [7, 11) is 10.4. The van der Waals surface area contributed by atoms with Gasteiger partial charge >= 0.3 is 0 Å². The van der Waals surface area contributed by atoms with Gasteiger partial charge in [-0.15, -0.1) is 24.0 Å². The molecule has 0 spiro atoms. The third-order valence-corrected chi connectivity index (χ3v) is 4.13. The molecule has 0 atom stereocenters.